The largest absolute Gasteiger partial charge is 0.414 e. The van der Waals surface area contributed by atoms with E-state index in [-0.39, 0.29) is 11.3 Å². The number of anilines is 1. The van der Waals surface area contributed by atoms with E-state index in [4.69, 9.17) is 32.5 Å². The molecule has 0 saturated carbocycles. The lowest BCUT2D eigenvalue weighted by atomic mass is 10.1. The first-order chi connectivity index (χ1) is 18.5. The zero-order valence-electron chi connectivity index (χ0n) is 20.0. The normalized spacial score (nSPS) is 14.2. The van der Waals surface area contributed by atoms with Gasteiger partial charge in [0, 0.05) is 42.8 Å². The summed E-state index contributed by atoms with van der Waals surface area (Å²) in [4.78, 5) is 24.1. The first-order valence-corrected chi connectivity index (χ1v) is 13.6. The van der Waals surface area contributed by atoms with Crippen molar-refractivity contribution in [2.24, 2.45) is 0 Å². The second-order valence-corrected chi connectivity index (χ2v) is 10.9. The molecule has 12 heteroatoms. The van der Waals surface area contributed by atoms with E-state index in [0.29, 0.717) is 28.2 Å². The molecule has 1 aliphatic rings. The molecule has 6 rings (SSSR count). The van der Waals surface area contributed by atoms with E-state index in [1.807, 2.05) is 59.2 Å². The number of hydrogen-bond acceptors (Lipinski definition) is 8. The predicted molar refractivity (Wildman–Crippen MR) is 147 cm³/mol. The Hall–Kier alpha value is -3.60. The molecule has 0 aliphatic carbocycles. The van der Waals surface area contributed by atoms with Crippen LogP contribution in [0.25, 0.3) is 21.5 Å². The van der Waals surface area contributed by atoms with E-state index in [1.54, 1.807) is 6.20 Å². The Morgan fingerprint density at radius 3 is 2.76 bits per heavy atom. The summed E-state index contributed by atoms with van der Waals surface area (Å²) in [5, 5.41) is 8.41. The number of aromatic nitrogens is 4. The second-order valence-electron chi connectivity index (χ2n) is 8.89. The van der Waals surface area contributed by atoms with Gasteiger partial charge in [0.15, 0.2) is 5.76 Å². The van der Waals surface area contributed by atoms with E-state index in [1.165, 1.54) is 11.3 Å². The number of ether oxygens (including phenoxy) is 1. The highest BCUT2D eigenvalue weighted by Crippen LogP contribution is 2.32. The maximum Gasteiger partial charge on any atom is 0.414 e. The molecule has 0 atom stereocenters. The van der Waals surface area contributed by atoms with Gasteiger partial charge in [0.25, 0.3) is 0 Å². The zero-order valence-corrected chi connectivity index (χ0v) is 22.3. The maximum atomic E-state index is 12.9. The number of benzene rings is 1. The van der Waals surface area contributed by atoms with Gasteiger partial charge in [-0.2, -0.15) is 0 Å². The Kier molecular flexibility index (Phi) is 6.92. The Balaban J connectivity index is 1.14. The van der Waals surface area contributed by atoms with Crippen LogP contribution in [0.3, 0.4) is 0 Å². The fraction of sp³-hybridized carbons (Fsp3) is 0.231. The first-order valence-electron chi connectivity index (χ1n) is 12.0. The van der Waals surface area contributed by atoms with Crippen molar-refractivity contribution in [1.29, 1.82) is 0 Å². The van der Waals surface area contributed by atoms with Crippen LogP contribution in [0.2, 0.25) is 9.62 Å². The van der Waals surface area contributed by atoms with Crippen LogP contribution in [-0.2, 0) is 6.54 Å². The molecule has 194 valence electrons. The highest BCUT2D eigenvalue weighted by atomic mass is 35.5. The summed E-state index contributed by atoms with van der Waals surface area (Å²) in [7, 11) is 0. The number of halogens is 2. The maximum absolute atomic E-state index is 12.9. The Bertz CT molecular complexity index is 1590. The number of carbonyl (C=O) groups is 1. The molecule has 4 aromatic heterocycles. The SMILES string of the molecule is O=C(NC1CCN(c2ccnc(Cl)n2)CC1)Oc1cc2ccccc2n1Cc1cc(-c2ccc(Cl)s2)on1. The van der Waals surface area contributed by atoms with Gasteiger partial charge >= 0.3 is 6.09 Å². The van der Waals surface area contributed by atoms with Crippen LogP contribution in [0, 0.1) is 0 Å². The van der Waals surface area contributed by atoms with Crippen LogP contribution >= 0.6 is 34.5 Å². The Morgan fingerprint density at radius 1 is 1.13 bits per heavy atom. The van der Waals surface area contributed by atoms with Gasteiger partial charge < -0.3 is 24.0 Å². The minimum absolute atomic E-state index is 0.00962. The summed E-state index contributed by atoms with van der Waals surface area (Å²) >= 11 is 13.4. The lowest BCUT2D eigenvalue weighted by Gasteiger charge is -2.32. The van der Waals surface area contributed by atoms with E-state index in [9.17, 15) is 4.79 Å². The number of thiophene rings is 1. The van der Waals surface area contributed by atoms with Crippen molar-refractivity contribution in [3.63, 3.8) is 0 Å². The summed E-state index contributed by atoms with van der Waals surface area (Å²) in [6.45, 7) is 1.85. The monoisotopic (exact) mass is 568 g/mol. The van der Waals surface area contributed by atoms with Gasteiger partial charge in [0.05, 0.1) is 21.3 Å². The molecule has 9 nitrogen and oxygen atoms in total. The van der Waals surface area contributed by atoms with Crippen LogP contribution in [-0.4, -0.2) is 44.9 Å². The smallest absolute Gasteiger partial charge is 0.393 e. The van der Waals surface area contributed by atoms with Crippen molar-refractivity contribution in [2.45, 2.75) is 25.4 Å². The van der Waals surface area contributed by atoms with Crippen molar-refractivity contribution in [1.82, 2.24) is 25.0 Å². The Labute approximate surface area is 231 Å². The van der Waals surface area contributed by atoms with Gasteiger partial charge in [-0.3, -0.25) is 0 Å². The van der Waals surface area contributed by atoms with E-state index in [2.05, 4.69) is 25.3 Å². The molecule has 1 N–H and O–H groups in total. The summed E-state index contributed by atoms with van der Waals surface area (Å²) in [6, 6.07) is 17.1. The molecule has 1 fully saturated rings. The highest BCUT2D eigenvalue weighted by Gasteiger charge is 2.23. The summed E-state index contributed by atoms with van der Waals surface area (Å²) in [5.41, 5.74) is 1.63. The van der Waals surface area contributed by atoms with Gasteiger partial charge in [-0.05, 0) is 48.7 Å². The number of para-hydroxylation sites is 1. The minimum Gasteiger partial charge on any atom is -0.393 e. The molecule has 38 heavy (non-hydrogen) atoms. The molecule has 0 unspecified atom stereocenters. The van der Waals surface area contributed by atoms with Crippen LogP contribution in [0.1, 0.15) is 18.5 Å². The summed E-state index contributed by atoms with van der Waals surface area (Å²) in [5.74, 6) is 1.86. The summed E-state index contributed by atoms with van der Waals surface area (Å²) in [6.07, 6.45) is 2.66. The van der Waals surface area contributed by atoms with Gasteiger partial charge in [0.1, 0.15) is 11.5 Å². The number of piperidine rings is 1. The third kappa shape index (κ3) is 5.33. The van der Waals surface area contributed by atoms with Crippen LogP contribution < -0.4 is 15.0 Å². The first kappa shape index (κ1) is 24.7. The fourth-order valence-electron chi connectivity index (χ4n) is 4.59. The van der Waals surface area contributed by atoms with Crippen LogP contribution in [0.15, 0.2) is 65.3 Å². The molecule has 1 saturated heterocycles. The van der Waals surface area contributed by atoms with E-state index < -0.39 is 6.09 Å². The fourth-order valence-corrected chi connectivity index (χ4v) is 5.72. The highest BCUT2D eigenvalue weighted by molar-refractivity contribution is 7.19. The number of rotatable bonds is 6. The molecule has 5 aromatic rings. The number of amides is 1. The van der Waals surface area contributed by atoms with Gasteiger partial charge in [-0.1, -0.05) is 35.0 Å². The van der Waals surface area contributed by atoms with Crippen molar-refractivity contribution in [2.75, 3.05) is 18.0 Å². The molecule has 0 spiro atoms. The number of nitrogens with one attached hydrogen (secondary N) is 1. The quantitative estimate of drug-likeness (QED) is 0.241. The predicted octanol–water partition coefficient (Wildman–Crippen LogP) is 6.26. The number of hydrogen-bond donors (Lipinski definition) is 1. The lowest BCUT2D eigenvalue weighted by molar-refractivity contribution is 0.190. The number of fused-ring (bicyclic) bond motifs is 1. The Morgan fingerprint density at radius 2 is 1.97 bits per heavy atom. The molecule has 1 aliphatic heterocycles. The van der Waals surface area contributed by atoms with Crippen molar-refractivity contribution >= 4 is 57.4 Å². The summed E-state index contributed by atoms with van der Waals surface area (Å²) < 4.78 is 14.0. The van der Waals surface area contributed by atoms with Crippen LogP contribution in [0.5, 0.6) is 5.88 Å². The molecule has 0 radical (unpaired) electrons. The molecular formula is C26H22Cl2N6O3S. The van der Waals surface area contributed by atoms with E-state index in [0.717, 1.165) is 47.5 Å². The minimum atomic E-state index is -0.494. The second kappa shape index (κ2) is 10.6. The van der Waals surface area contributed by atoms with Gasteiger partial charge in [-0.25, -0.2) is 14.8 Å². The molecule has 5 heterocycles. The lowest BCUT2D eigenvalue weighted by Crippen LogP contribution is -2.45. The number of carbonyl (C=O) groups excluding carboxylic acids is 1. The molecule has 0 bridgehead atoms. The van der Waals surface area contributed by atoms with Crippen LogP contribution in [0.4, 0.5) is 10.6 Å². The van der Waals surface area contributed by atoms with Crippen molar-refractivity contribution < 1.29 is 14.1 Å². The van der Waals surface area contributed by atoms with Crippen molar-refractivity contribution in [3.8, 4) is 16.5 Å². The third-order valence-electron chi connectivity index (χ3n) is 6.42. The van der Waals surface area contributed by atoms with Gasteiger partial charge in [0.2, 0.25) is 11.2 Å². The van der Waals surface area contributed by atoms with Crippen molar-refractivity contribution in [3.05, 3.63) is 76.1 Å². The zero-order chi connectivity index (χ0) is 26.1. The average molecular weight is 569 g/mol. The number of nitrogens with zero attached hydrogens (tertiary/aromatic N) is 5. The standard InChI is InChI=1S/C26H22Cl2N6O3S/c27-22-6-5-21(38-22)20-14-18(32-37-20)15-34-19-4-2-1-3-16(19)13-24(34)36-26(35)30-17-8-11-33(12-9-17)23-7-10-29-25(28)31-23/h1-7,10,13-14,17H,8-9,11-12,15H2,(H,30,35). The van der Waals surface area contributed by atoms with Gasteiger partial charge in [-0.15, -0.1) is 11.3 Å². The van der Waals surface area contributed by atoms with E-state index >= 15 is 0 Å². The third-order valence-corrected chi connectivity index (χ3v) is 7.85. The molecular weight excluding hydrogens is 547 g/mol. The molecule has 1 amide bonds. The average Bonchev–Trinajstić information content (AvgIpc) is 3.64. The topological polar surface area (TPSA) is 98.3 Å². The molecule has 1 aromatic carbocycles.